The first-order valence-electron chi connectivity index (χ1n) is 4.68. The molecule has 1 unspecified atom stereocenters. The average Bonchev–Trinajstić information content (AvgIpc) is 2.22. The molecule has 7 heteroatoms. The Kier molecular flexibility index (Phi) is 4.48. The first-order chi connectivity index (χ1) is 7.72. The molecule has 0 bridgehead atoms. The van der Waals surface area contributed by atoms with Crippen molar-refractivity contribution in [3.8, 4) is 0 Å². The van der Waals surface area contributed by atoms with Crippen molar-refractivity contribution in [2.45, 2.75) is 25.1 Å². The summed E-state index contributed by atoms with van der Waals surface area (Å²) < 4.78 is 61.6. The Balaban J connectivity index is 2.83. The van der Waals surface area contributed by atoms with Crippen molar-refractivity contribution in [1.82, 2.24) is 0 Å². The molecule has 1 aromatic carbocycles. The van der Waals surface area contributed by atoms with Gasteiger partial charge in [0.1, 0.15) is 0 Å². The first kappa shape index (κ1) is 14.4. The van der Waals surface area contributed by atoms with E-state index < -0.39 is 30.3 Å². The maximum absolute atomic E-state index is 13.1. The summed E-state index contributed by atoms with van der Waals surface area (Å²) in [6, 6.07) is 1.01. The second kappa shape index (κ2) is 5.30. The lowest BCUT2D eigenvalue weighted by Gasteiger charge is -2.15. The largest absolute Gasteiger partial charge is 0.389 e. The van der Waals surface area contributed by atoms with Crippen LogP contribution in [0.5, 0.6) is 0 Å². The SMILES string of the molecule is NC(CCC(F)(F)F)c1ccc(F)c(F)c1Br. The normalized spacial score (nSPS) is 13.8. The van der Waals surface area contributed by atoms with Gasteiger partial charge in [0.2, 0.25) is 0 Å². The summed E-state index contributed by atoms with van der Waals surface area (Å²) in [5.74, 6) is -2.23. The topological polar surface area (TPSA) is 26.0 Å². The van der Waals surface area contributed by atoms with E-state index >= 15 is 0 Å². The molecule has 0 heterocycles. The molecule has 0 aliphatic carbocycles. The maximum atomic E-state index is 13.1. The maximum Gasteiger partial charge on any atom is 0.389 e. The van der Waals surface area contributed by atoms with Gasteiger partial charge in [-0.3, -0.25) is 0 Å². The Morgan fingerprint density at radius 2 is 1.82 bits per heavy atom. The fourth-order valence-corrected chi connectivity index (χ4v) is 1.92. The highest BCUT2D eigenvalue weighted by Gasteiger charge is 2.28. The molecule has 0 radical (unpaired) electrons. The summed E-state index contributed by atoms with van der Waals surface area (Å²) in [6.07, 6.45) is -5.77. The van der Waals surface area contributed by atoms with Gasteiger partial charge in [-0.1, -0.05) is 6.07 Å². The van der Waals surface area contributed by atoms with Crippen LogP contribution < -0.4 is 5.73 Å². The molecule has 1 atom stereocenters. The molecule has 17 heavy (non-hydrogen) atoms. The van der Waals surface area contributed by atoms with Crippen LogP contribution in [0, 0.1) is 11.6 Å². The van der Waals surface area contributed by atoms with E-state index in [2.05, 4.69) is 15.9 Å². The van der Waals surface area contributed by atoms with Gasteiger partial charge in [0.25, 0.3) is 0 Å². The third-order valence-electron chi connectivity index (χ3n) is 2.20. The van der Waals surface area contributed by atoms with Crippen molar-refractivity contribution >= 4 is 15.9 Å². The summed E-state index contributed by atoms with van der Waals surface area (Å²) >= 11 is 2.78. The van der Waals surface area contributed by atoms with Crippen LogP contribution >= 0.6 is 15.9 Å². The summed E-state index contributed by atoms with van der Waals surface area (Å²) in [7, 11) is 0. The van der Waals surface area contributed by atoms with Gasteiger partial charge in [-0.2, -0.15) is 13.2 Å². The lowest BCUT2D eigenvalue weighted by atomic mass is 10.0. The number of nitrogens with two attached hydrogens (primary N) is 1. The summed E-state index contributed by atoms with van der Waals surface area (Å²) in [5, 5.41) is 0. The van der Waals surface area contributed by atoms with E-state index in [1.165, 1.54) is 6.07 Å². The Bertz CT molecular complexity index is 404. The van der Waals surface area contributed by atoms with E-state index in [-0.39, 0.29) is 16.5 Å². The summed E-state index contributed by atoms with van der Waals surface area (Å²) in [4.78, 5) is 0. The van der Waals surface area contributed by atoms with Crippen LogP contribution in [0.25, 0.3) is 0 Å². The fourth-order valence-electron chi connectivity index (χ4n) is 1.30. The van der Waals surface area contributed by atoms with Gasteiger partial charge in [0.05, 0.1) is 4.47 Å². The monoisotopic (exact) mass is 317 g/mol. The second-order valence-electron chi connectivity index (χ2n) is 3.52. The van der Waals surface area contributed by atoms with Crippen LogP contribution in [0.15, 0.2) is 16.6 Å². The molecule has 0 amide bonds. The van der Waals surface area contributed by atoms with Crippen LogP contribution in [0.1, 0.15) is 24.4 Å². The molecule has 1 rings (SSSR count). The van der Waals surface area contributed by atoms with E-state index in [1.54, 1.807) is 0 Å². The Hall–Kier alpha value is -0.690. The molecule has 2 N–H and O–H groups in total. The predicted octanol–water partition coefficient (Wildman–Crippen LogP) is 4.07. The molecule has 0 saturated heterocycles. The van der Waals surface area contributed by atoms with Crippen LogP contribution in [-0.4, -0.2) is 6.18 Å². The van der Waals surface area contributed by atoms with Crippen molar-refractivity contribution in [1.29, 1.82) is 0 Å². The van der Waals surface area contributed by atoms with Gasteiger partial charge in [0, 0.05) is 12.5 Å². The molecule has 0 fully saturated rings. The van der Waals surface area contributed by atoms with Crippen molar-refractivity contribution in [3.63, 3.8) is 0 Å². The van der Waals surface area contributed by atoms with E-state index in [4.69, 9.17) is 5.73 Å². The number of benzene rings is 1. The van der Waals surface area contributed by atoms with Crippen molar-refractivity contribution in [2.75, 3.05) is 0 Å². The lowest BCUT2D eigenvalue weighted by Crippen LogP contribution is -2.16. The minimum absolute atomic E-state index is 0.119. The number of halogens is 6. The number of hydrogen-bond donors (Lipinski definition) is 1. The molecular formula is C10H9BrF5N. The number of alkyl halides is 3. The second-order valence-corrected chi connectivity index (χ2v) is 4.32. The van der Waals surface area contributed by atoms with Crippen molar-refractivity contribution in [2.24, 2.45) is 5.73 Å². The van der Waals surface area contributed by atoms with Crippen LogP contribution in [-0.2, 0) is 0 Å². The molecule has 96 valence electrons. The van der Waals surface area contributed by atoms with Crippen molar-refractivity contribution in [3.05, 3.63) is 33.8 Å². The zero-order chi connectivity index (χ0) is 13.2. The zero-order valence-corrected chi connectivity index (χ0v) is 10.1. The molecule has 0 aromatic heterocycles. The summed E-state index contributed by atoms with van der Waals surface area (Å²) in [5.41, 5.74) is 5.62. The Morgan fingerprint density at radius 1 is 1.24 bits per heavy atom. The highest BCUT2D eigenvalue weighted by Crippen LogP contribution is 2.31. The summed E-state index contributed by atoms with van der Waals surface area (Å²) in [6.45, 7) is 0. The minimum Gasteiger partial charge on any atom is -0.324 e. The lowest BCUT2D eigenvalue weighted by molar-refractivity contribution is -0.136. The fraction of sp³-hybridized carbons (Fsp3) is 0.400. The van der Waals surface area contributed by atoms with Crippen molar-refractivity contribution < 1.29 is 22.0 Å². The zero-order valence-electron chi connectivity index (χ0n) is 8.49. The molecular weight excluding hydrogens is 309 g/mol. The first-order valence-corrected chi connectivity index (χ1v) is 5.47. The van der Waals surface area contributed by atoms with Crippen LogP contribution in [0.4, 0.5) is 22.0 Å². The average molecular weight is 318 g/mol. The van der Waals surface area contributed by atoms with Gasteiger partial charge in [-0.05, 0) is 34.0 Å². The van der Waals surface area contributed by atoms with Crippen LogP contribution in [0.2, 0.25) is 0 Å². The molecule has 0 aliphatic rings. The number of hydrogen-bond acceptors (Lipinski definition) is 1. The van der Waals surface area contributed by atoms with E-state index in [1.807, 2.05) is 0 Å². The van der Waals surface area contributed by atoms with E-state index in [9.17, 15) is 22.0 Å². The third kappa shape index (κ3) is 3.92. The standard InChI is InChI=1S/C10H9BrF5N/c11-8-5(1-2-6(12)9(8)13)7(17)3-4-10(14,15)16/h1-2,7H,3-4,17H2. The third-order valence-corrected chi connectivity index (χ3v) is 3.01. The highest BCUT2D eigenvalue weighted by molar-refractivity contribution is 9.10. The van der Waals surface area contributed by atoms with E-state index in [0.717, 1.165) is 6.07 Å². The molecule has 0 spiro atoms. The number of rotatable bonds is 3. The minimum atomic E-state index is -4.32. The highest BCUT2D eigenvalue weighted by atomic mass is 79.9. The smallest absolute Gasteiger partial charge is 0.324 e. The van der Waals surface area contributed by atoms with Gasteiger partial charge in [-0.15, -0.1) is 0 Å². The van der Waals surface area contributed by atoms with E-state index in [0.29, 0.717) is 0 Å². The predicted molar refractivity (Wildman–Crippen MR) is 56.3 cm³/mol. The molecule has 1 nitrogen and oxygen atoms in total. The molecule has 0 saturated carbocycles. The Labute approximate surface area is 103 Å². The van der Waals surface area contributed by atoms with Crippen LogP contribution in [0.3, 0.4) is 0 Å². The van der Waals surface area contributed by atoms with Gasteiger partial charge in [0.15, 0.2) is 11.6 Å². The van der Waals surface area contributed by atoms with Gasteiger partial charge < -0.3 is 5.73 Å². The van der Waals surface area contributed by atoms with Gasteiger partial charge in [-0.25, -0.2) is 8.78 Å². The van der Waals surface area contributed by atoms with Gasteiger partial charge >= 0.3 is 6.18 Å². The molecule has 0 aliphatic heterocycles. The Morgan fingerprint density at radius 3 is 2.35 bits per heavy atom. The quantitative estimate of drug-likeness (QED) is 0.660. The molecule has 1 aromatic rings.